The molecule has 0 amide bonds. The molecule has 186 valence electrons. The first-order valence-electron chi connectivity index (χ1n) is 12.3. The van der Waals surface area contributed by atoms with E-state index in [1.165, 1.54) is 27.1 Å². The van der Waals surface area contributed by atoms with Gasteiger partial charge >= 0.3 is 21.1 Å². The molecular formula is C31H30N4OPt+4. The Labute approximate surface area is 231 Å². The number of nitrogens with two attached hydrogens (primary N) is 1. The fourth-order valence-electron chi connectivity index (χ4n) is 4.65. The molecule has 37 heavy (non-hydrogen) atoms. The van der Waals surface area contributed by atoms with Crippen LogP contribution in [0.4, 0.5) is 0 Å². The van der Waals surface area contributed by atoms with E-state index >= 15 is 0 Å². The van der Waals surface area contributed by atoms with Gasteiger partial charge in [0.2, 0.25) is 0 Å². The number of aromatic nitrogens is 2. The Balaban J connectivity index is 0.000000172. The number of fused-ring (bicyclic) bond motifs is 5. The Bertz CT molecular complexity index is 1580. The average Bonchev–Trinajstić information content (AvgIpc) is 2.94. The van der Waals surface area contributed by atoms with Crippen LogP contribution in [0.1, 0.15) is 12.0 Å². The van der Waals surface area contributed by atoms with E-state index in [0.717, 1.165) is 53.6 Å². The van der Waals surface area contributed by atoms with Crippen molar-refractivity contribution in [1.82, 2.24) is 15.3 Å². The van der Waals surface area contributed by atoms with Crippen LogP contribution in [-0.2, 0) is 27.6 Å². The fraction of sp³-hybridized carbons (Fsp3) is 0.161. The summed E-state index contributed by atoms with van der Waals surface area (Å²) < 4.78 is 5.37. The summed E-state index contributed by atoms with van der Waals surface area (Å²) >= 11 is 0. The van der Waals surface area contributed by atoms with E-state index in [4.69, 9.17) is 10.5 Å². The summed E-state index contributed by atoms with van der Waals surface area (Å²) in [6.45, 7) is 2.60. The number of methoxy groups -OCH3 is 1. The molecule has 0 aliphatic rings. The zero-order chi connectivity index (χ0) is 24.7. The van der Waals surface area contributed by atoms with Crippen molar-refractivity contribution < 1.29 is 25.8 Å². The van der Waals surface area contributed by atoms with Gasteiger partial charge in [0.05, 0.1) is 12.6 Å². The van der Waals surface area contributed by atoms with Crippen molar-refractivity contribution in [2.75, 3.05) is 20.2 Å². The van der Waals surface area contributed by atoms with Crippen molar-refractivity contribution in [2.45, 2.75) is 13.0 Å². The molecule has 3 N–H and O–H groups in total. The minimum atomic E-state index is 0. The van der Waals surface area contributed by atoms with Gasteiger partial charge in [0.15, 0.2) is 0 Å². The van der Waals surface area contributed by atoms with Crippen molar-refractivity contribution in [3.63, 3.8) is 0 Å². The number of benzene rings is 4. The van der Waals surface area contributed by atoms with Gasteiger partial charge in [-0.2, -0.15) is 0 Å². The molecule has 5 nitrogen and oxygen atoms in total. The number of hydrogen-bond donors (Lipinski definition) is 2. The van der Waals surface area contributed by atoms with Crippen LogP contribution >= 0.6 is 0 Å². The van der Waals surface area contributed by atoms with Crippen molar-refractivity contribution in [3.05, 3.63) is 103 Å². The normalized spacial score (nSPS) is 10.8. The zero-order valence-electron chi connectivity index (χ0n) is 20.8. The van der Waals surface area contributed by atoms with Crippen LogP contribution in [0.3, 0.4) is 0 Å². The van der Waals surface area contributed by atoms with Gasteiger partial charge in [0.25, 0.3) is 0 Å². The Morgan fingerprint density at radius 2 is 1.32 bits per heavy atom. The molecule has 0 aliphatic carbocycles. The van der Waals surface area contributed by atoms with E-state index < -0.39 is 0 Å². The zero-order valence-corrected chi connectivity index (χ0v) is 23.0. The molecule has 2 heterocycles. The molecule has 2 aromatic heterocycles. The molecule has 4 aromatic carbocycles. The standard InChI is InChI=1S/C18H20N2.C13H10N2O.Pt/c19-10-5-11-20-13-18-16-8-3-1-6-14(16)12-15-7-2-4-9-17(15)18;1-16-11-8-9-4-2-6-14-12(9)13-10(11)5-3-7-15-13;/h1-4,6-9,12,20H,5,10-11,13,19H2;2-8H,1H3;/q;;+4. The maximum atomic E-state index is 5.55. The molecule has 0 atom stereocenters. The second kappa shape index (κ2) is 12.7. The third kappa shape index (κ3) is 5.80. The van der Waals surface area contributed by atoms with Crippen LogP contribution in [0.2, 0.25) is 0 Å². The third-order valence-corrected chi connectivity index (χ3v) is 6.39. The van der Waals surface area contributed by atoms with E-state index in [1.54, 1.807) is 19.5 Å². The molecular weight excluding hydrogens is 639 g/mol. The second-order valence-electron chi connectivity index (χ2n) is 8.67. The fourth-order valence-corrected chi connectivity index (χ4v) is 4.65. The van der Waals surface area contributed by atoms with Gasteiger partial charge in [0.1, 0.15) is 11.3 Å². The van der Waals surface area contributed by atoms with Gasteiger partial charge in [-0.1, -0.05) is 54.6 Å². The van der Waals surface area contributed by atoms with Crippen LogP contribution in [0.25, 0.3) is 43.4 Å². The Hall–Kier alpha value is -3.37. The summed E-state index contributed by atoms with van der Waals surface area (Å²) in [7, 11) is 1.67. The molecule has 0 unspecified atom stereocenters. The average molecular weight is 670 g/mol. The smallest absolute Gasteiger partial charge is 0.496 e. The van der Waals surface area contributed by atoms with Crippen molar-refractivity contribution in [3.8, 4) is 5.75 Å². The molecule has 6 heteroatoms. The number of rotatable bonds is 6. The van der Waals surface area contributed by atoms with Gasteiger partial charge in [-0.15, -0.1) is 0 Å². The summed E-state index contributed by atoms with van der Waals surface area (Å²) in [4.78, 5) is 8.74. The molecule has 0 radical (unpaired) electrons. The summed E-state index contributed by atoms with van der Waals surface area (Å²) in [5.41, 5.74) is 8.74. The van der Waals surface area contributed by atoms with Crippen LogP contribution in [0, 0.1) is 0 Å². The predicted molar refractivity (Wildman–Crippen MR) is 150 cm³/mol. The maximum Gasteiger partial charge on any atom is 4.00 e. The molecule has 0 saturated carbocycles. The third-order valence-electron chi connectivity index (χ3n) is 6.39. The molecule has 0 aliphatic heterocycles. The number of ether oxygens (including phenoxy) is 1. The summed E-state index contributed by atoms with van der Waals surface area (Å²) in [5.74, 6) is 0.837. The molecule has 0 spiro atoms. The first kappa shape index (κ1) is 26.7. The Morgan fingerprint density at radius 3 is 2.00 bits per heavy atom. The topological polar surface area (TPSA) is 73.1 Å². The number of pyridine rings is 2. The van der Waals surface area contributed by atoms with Crippen LogP contribution in [0.5, 0.6) is 5.75 Å². The first-order valence-corrected chi connectivity index (χ1v) is 12.3. The summed E-state index contributed by atoms with van der Waals surface area (Å²) in [6.07, 6.45) is 4.57. The molecule has 0 fully saturated rings. The second-order valence-corrected chi connectivity index (χ2v) is 8.67. The molecule has 6 aromatic rings. The van der Waals surface area contributed by atoms with E-state index in [-0.39, 0.29) is 21.1 Å². The Kier molecular flexibility index (Phi) is 9.18. The van der Waals surface area contributed by atoms with Gasteiger partial charge < -0.3 is 15.8 Å². The van der Waals surface area contributed by atoms with Gasteiger partial charge in [-0.25, -0.2) is 0 Å². The molecule has 6 rings (SSSR count). The first-order chi connectivity index (χ1) is 17.8. The van der Waals surface area contributed by atoms with E-state index in [9.17, 15) is 0 Å². The summed E-state index contributed by atoms with van der Waals surface area (Å²) in [6, 6.07) is 29.3. The van der Waals surface area contributed by atoms with Crippen molar-refractivity contribution >= 4 is 43.4 Å². The molecule has 0 saturated heterocycles. The Morgan fingerprint density at radius 1 is 0.730 bits per heavy atom. The minimum Gasteiger partial charge on any atom is -0.496 e. The van der Waals surface area contributed by atoms with Crippen LogP contribution < -0.4 is 15.8 Å². The number of nitrogens with zero attached hydrogens (tertiary/aromatic N) is 2. The minimum absolute atomic E-state index is 0. The van der Waals surface area contributed by atoms with E-state index in [0.29, 0.717) is 0 Å². The maximum absolute atomic E-state index is 5.55. The number of nitrogens with one attached hydrogen (secondary N) is 1. The number of hydrogen-bond acceptors (Lipinski definition) is 5. The van der Waals surface area contributed by atoms with Crippen LogP contribution in [-0.4, -0.2) is 30.2 Å². The van der Waals surface area contributed by atoms with Gasteiger partial charge in [-0.3, -0.25) is 9.97 Å². The van der Waals surface area contributed by atoms with Crippen LogP contribution in [0.15, 0.2) is 97.3 Å². The quantitative estimate of drug-likeness (QED) is 0.125. The predicted octanol–water partition coefficient (Wildman–Crippen LogP) is 6.22. The summed E-state index contributed by atoms with van der Waals surface area (Å²) in [5, 5.41) is 10.8. The largest absolute Gasteiger partial charge is 4.00 e. The van der Waals surface area contributed by atoms with Crippen molar-refractivity contribution in [2.24, 2.45) is 5.73 Å². The SMILES string of the molecule is COc1cc2cccnc2c2ncccc12.NCCCNCc1c2ccccc2cc2ccccc12.[Pt+4]. The van der Waals surface area contributed by atoms with Crippen molar-refractivity contribution in [1.29, 1.82) is 0 Å². The van der Waals surface area contributed by atoms with Gasteiger partial charge in [-0.05, 0) is 77.0 Å². The van der Waals surface area contributed by atoms with Gasteiger partial charge in [0, 0.05) is 29.7 Å². The molecule has 0 bridgehead atoms. The monoisotopic (exact) mass is 669 g/mol. The van der Waals surface area contributed by atoms with E-state index in [1.807, 2.05) is 30.3 Å². The van der Waals surface area contributed by atoms with E-state index in [2.05, 4.69) is 69.9 Å².